The standard InChI is InChI=1S/C36H28N3O2P3S/c37-38-39-44(45,40-29-21-25-35(26-22-29)42(31-13-5-1-6-14-31)32-15-7-2-8-16-32)41-30-23-27-36(28-24-30)43(33-17-9-3-10-18-33)34-19-11-4-12-20-34/h1-28H. The van der Waals surface area contributed by atoms with Crippen molar-refractivity contribution in [2.75, 3.05) is 0 Å². The monoisotopic (exact) mass is 659 g/mol. The largest absolute Gasteiger partial charge is 0.431 e. The summed E-state index contributed by atoms with van der Waals surface area (Å²) in [4.78, 5) is 6.80. The second-order valence-corrected chi connectivity index (χ2v) is 17.1. The highest BCUT2D eigenvalue weighted by Crippen LogP contribution is 2.50. The van der Waals surface area contributed by atoms with Gasteiger partial charge in [0.15, 0.2) is 0 Å². The Hall–Kier alpha value is -4.26. The summed E-state index contributed by atoms with van der Waals surface area (Å²) in [6.45, 7) is -3.42. The van der Waals surface area contributed by atoms with E-state index in [1.165, 1.54) is 21.2 Å². The van der Waals surface area contributed by atoms with Crippen molar-refractivity contribution < 1.29 is 9.05 Å². The maximum Gasteiger partial charge on any atom is 0.379 e. The van der Waals surface area contributed by atoms with E-state index in [0.29, 0.717) is 11.5 Å². The Morgan fingerprint density at radius 3 is 0.978 bits per heavy atom. The summed E-state index contributed by atoms with van der Waals surface area (Å²) >= 11 is 5.69. The third kappa shape index (κ3) is 7.70. The van der Waals surface area contributed by atoms with Crippen molar-refractivity contribution in [1.29, 1.82) is 0 Å². The van der Waals surface area contributed by atoms with Crippen LogP contribution in [0.25, 0.3) is 10.4 Å². The van der Waals surface area contributed by atoms with Gasteiger partial charge in [0.2, 0.25) is 0 Å². The van der Waals surface area contributed by atoms with E-state index < -0.39 is 22.5 Å². The van der Waals surface area contributed by atoms with Crippen LogP contribution in [0.3, 0.4) is 0 Å². The van der Waals surface area contributed by atoms with E-state index in [1.54, 1.807) is 0 Å². The molecule has 0 bridgehead atoms. The maximum atomic E-state index is 9.36. The Kier molecular flexibility index (Phi) is 10.0. The first-order valence-electron chi connectivity index (χ1n) is 14.2. The Morgan fingerprint density at radius 1 is 0.444 bits per heavy atom. The second-order valence-electron chi connectivity index (χ2n) is 9.83. The molecule has 0 aromatic heterocycles. The zero-order valence-corrected chi connectivity index (χ0v) is 27.6. The Bertz CT molecular complexity index is 1710. The number of rotatable bonds is 11. The van der Waals surface area contributed by atoms with E-state index in [4.69, 9.17) is 20.9 Å². The van der Waals surface area contributed by atoms with Gasteiger partial charge in [-0.15, -0.1) is 0 Å². The molecule has 5 nitrogen and oxygen atoms in total. The first-order valence-corrected chi connectivity index (χ1v) is 19.5. The molecule has 0 fully saturated rings. The number of benzene rings is 6. The van der Waals surface area contributed by atoms with Gasteiger partial charge in [-0.05, 0) is 89.3 Å². The molecule has 0 aliphatic rings. The van der Waals surface area contributed by atoms with Crippen LogP contribution in [0.5, 0.6) is 11.5 Å². The quantitative estimate of drug-likeness (QED) is 0.0610. The lowest BCUT2D eigenvalue weighted by atomic mass is 10.3. The second kappa shape index (κ2) is 14.7. The molecule has 9 heteroatoms. The van der Waals surface area contributed by atoms with Crippen LogP contribution < -0.4 is 40.9 Å². The molecule has 0 unspecified atom stereocenters. The normalized spacial score (nSPS) is 11.2. The van der Waals surface area contributed by atoms with Crippen molar-refractivity contribution in [1.82, 2.24) is 0 Å². The fourth-order valence-corrected chi connectivity index (χ4v) is 11.0. The first kappa shape index (κ1) is 30.8. The molecule has 0 amide bonds. The molecule has 6 aromatic rings. The zero-order chi connectivity index (χ0) is 30.9. The number of nitrogens with zero attached hydrogens (tertiary/aromatic N) is 3. The van der Waals surface area contributed by atoms with Crippen LogP contribution >= 0.6 is 22.5 Å². The van der Waals surface area contributed by atoms with E-state index in [2.05, 4.69) is 107 Å². The van der Waals surface area contributed by atoms with Gasteiger partial charge in [0, 0.05) is 9.80 Å². The summed E-state index contributed by atoms with van der Waals surface area (Å²) in [6, 6.07) is 57.5. The number of azide groups is 1. The minimum absolute atomic E-state index is 0.485. The summed E-state index contributed by atoms with van der Waals surface area (Å²) in [5.41, 5.74) is 9.36. The lowest BCUT2D eigenvalue weighted by Gasteiger charge is -2.22. The Labute approximate surface area is 270 Å². The summed E-state index contributed by atoms with van der Waals surface area (Å²) < 4.78 is 12.2. The summed E-state index contributed by atoms with van der Waals surface area (Å²) in [7, 11) is -1.53. The first-order chi connectivity index (χ1) is 22.1. The molecule has 6 rings (SSSR count). The van der Waals surface area contributed by atoms with Gasteiger partial charge < -0.3 is 9.05 Å². The van der Waals surface area contributed by atoms with Crippen LogP contribution in [0.1, 0.15) is 0 Å². The van der Waals surface area contributed by atoms with E-state index >= 15 is 0 Å². The summed E-state index contributed by atoms with van der Waals surface area (Å²) in [6.07, 6.45) is 0. The Morgan fingerprint density at radius 2 is 0.711 bits per heavy atom. The molecule has 0 radical (unpaired) electrons. The highest BCUT2D eigenvalue weighted by molar-refractivity contribution is 8.09. The van der Waals surface area contributed by atoms with Gasteiger partial charge >= 0.3 is 6.64 Å². The van der Waals surface area contributed by atoms with Gasteiger partial charge in [0.1, 0.15) is 11.5 Å². The van der Waals surface area contributed by atoms with Crippen molar-refractivity contribution in [2.24, 2.45) is 4.88 Å². The lowest BCUT2D eigenvalue weighted by molar-refractivity contribution is 0.487. The SMILES string of the molecule is [N-]=[N+]=NP(=S)(Oc1ccc(P(c2ccccc2)c2ccccc2)cc1)Oc1ccc(P(c2ccccc2)c2ccccc2)cc1. The smallest absolute Gasteiger partial charge is 0.379 e. The van der Waals surface area contributed by atoms with Crippen LogP contribution in [-0.2, 0) is 11.8 Å². The van der Waals surface area contributed by atoms with Gasteiger partial charge in [0.05, 0.1) is 0 Å². The maximum absolute atomic E-state index is 9.36. The molecular formula is C36H28N3O2P3S. The molecule has 0 saturated heterocycles. The zero-order valence-electron chi connectivity index (χ0n) is 24.1. The molecular weight excluding hydrogens is 631 g/mol. The minimum Gasteiger partial charge on any atom is -0.431 e. The average molecular weight is 660 g/mol. The van der Waals surface area contributed by atoms with Crippen LogP contribution in [0.4, 0.5) is 0 Å². The Balaban J connectivity index is 1.23. The fraction of sp³-hybridized carbons (Fsp3) is 0. The predicted octanol–water partition coefficient (Wildman–Crippen LogP) is 8.20. The van der Waals surface area contributed by atoms with Gasteiger partial charge in [-0.2, -0.15) is 0 Å². The molecule has 0 saturated carbocycles. The third-order valence-corrected chi connectivity index (χ3v) is 13.6. The molecule has 0 N–H and O–H groups in total. The molecule has 6 aromatic carbocycles. The molecule has 220 valence electrons. The highest BCUT2D eigenvalue weighted by atomic mass is 32.5. The van der Waals surface area contributed by atoms with Crippen molar-refractivity contribution in [2.45, 2.75) is 0 Å². The minimum atomic E-state index is -3.42. The summed E-state index contributed by atoms with van der Waals surface area (Å²) in [5.74, 6) is 0.970. The van der Waals surface area contributed by atoms with Crippen molar-refractivity contribution in [3.8, 4) is 11.5 Å². The molecule has 0 spiro atoms. The van der Waals surface area contributed by atoms with Crippen LogP contribution in [0.2, 0.25) is 0 Å². The van der Waals surface area contributed by atoms with E-state index in [0.717, 1.165) is 10.6 Å². The lowest BCUT2D eigenvalue weighted by Crippen LogP contribution is -2.20. The number of hydrogen-bond acceptors (Lipinski definition) is 3. The van der Waals surface area contributed by atoms with Gasteiger partial charge in [-0.1, -0.05) is 146 Å². The van der Waals surface area contributed by atoms with E-state index in [1.807, 2.05) is 72.8 Å². The van der Waals surface area contributed by atoms with Crippen molar-refractivity contribution >= 4 is 66.1 Å². The van der Waals surface area contributed by atoms with Crippen LogP contribution in [0, 0.1) is 0 Å². The van der Waals surface area contributed by atoms with Crippen molar-refractivity contribution in [3.63, 3.8) is 0 Å². The van der Waals surface area contributed by atoms with Gasteiger partial charge in [-0.25, -0.2) is 0 Å². The van der Waals surface area contributed by atoms with Crippen LogP contribution in [0.15, 0.2) is 175 Å². The molecule has 0 aliphatic heterocycles. The predicted molar refractivity (Wildman–Crippen MR) is 195 cm³/mol. The highest BCUT2D eigenvalue weighted by Gasteiger charge is 2.23. The van der Waals surface area contributed by atoms with E-state index in [-0.39, 0.29) is 0 Å². The topological polar surface area (TPSA) is 67.2 Å². The molecule has 0 atom stereocenters. The average Bonchev–Trinajstić information content (AvgIpc) is 3.09. The molecule has 45 heavy (non-hydrogen) atoms. The summed E-state index contributed by atoms with van der Waals surface area (Å²) in [5, 5.41) is 7.33. The van der Waals surface area contributed by atoms with Gasteiger partial charge in [-0.3, -0.25) is 0 Å². The third-order valence-electron chi connectivity index (χ3n) is 6.84. The van der Waals surface area contributed by atoms with Gasteiger partial charge in [0.25, 0.3) is 0 Å². The van der Waals surface area contributed by atoms with E-state index in [9.17, 15) is 5.53 Å². The molecule has 0 aliphatic carbocycles. The fourth-order valence-electron chi connectivity index (χ4n) is 4.89. The molecule has 0 heterocycles. The van der Waals surface area contributed by atoms with Crippen molar-refractivity contribution in [3.05, 3.63) is 180 Å². The number of hydrogen-bond donors (Lipinski definition) is 0. The van der Waals surface area contributed by atoms with Crippen LogP contribution in [-0.4, -0.2) is 0 Å².